The first kappa shape index (κ1) is 14.0. The van der Waals surface area contributed by atoms with Gasteiger partial charge in [-0.1, -0.05) is 29.8 Å². The minimum atomic E-state index is -0.417. The van der Waals surface area contributed by atoms with Crippen LogP contribution in [0.2, 0.25) is 5.02 Å². The first-order chi connectivity index (χ1) is 9.56. The zero-order valence-electron chi connectivity index (χ0n) is 11.5. The molecule has 1 aliphatic rings. The number of benzene rings is 1. The molecule has 3 nitrogen and oxygen atoms in total. The van der Waals surface area contributed by atoms with E-state index >= 15 is 0 Å². The minimum absolute atomic E-state index is 0.193. The van der Waals surface area contributed by atoms with Crippen LogP contribution in [0.25, 0.3) is 0 Å². The number of halogens is 1. The molecule has 3 rings (SSSR count). The second-order valence-electron chi connectivity index (χ2n) is 5.21. The second-order valence-corrected chi connectivity index (χ2v) is 6.87. The van der Waals surface area contributed by atoms with Crippen molar-refractivity contribution < 1.29 is 5.11 Å². The van der Waals surface area contributed by atoms with Crippen LogP contribution in [0.15, 0.2) is 29.2 Å². The Balaban J connectivity index is 1.74. The van der Waals surface area contributed by atoms with Gasteiger partial charge in [-0.3, -0.25) is 4.68 Å². The number of fused-ring (bicyclic) bond motifs is 1. The van der Waals surface area contributed by atoms with Gasteiger partial charge in [0.2, 0.25) is 0 Å². The number of hydrogen-bond donors (Lipinski definition) is 1. The van der Waals surface area contributed by atoms with Crippen LogP contribution in [0, 0.1) is 6.92 Å². The summed E-state index contributed by atoms with van der Waals surface area (Å²) in [6, 6.07) is 8.35. The Morgan fingerprint density at radius 3 is 2.90 bits per heavy atom. The molecule has 0 saturated carbocycles. The molecule has 0 bridgehead atoms. The Labute approximate surface area is 128 Å². The molecule has 2 atom stereocenters. The third kappa shape index (κ3) is 2.48. The van der Waals surface area contributed by atoms with E-state index in [9.17, 15) is 5.11 Å². The van der Waals surface area contributed by atoms with E-state index in [1.54, 1.807) is 16.4 Å². The predicted molar refractivity (Wildman–Crippen MR) is 82.5 cm³/mol. The summed E-state index contributed by atoms with van der Waals surface area (Å²) >= 11 is 8.01. The van der Waals surface area contributed by atoms with Gasteiger partial charge in [0.1, 0.15) is 0 Å². The summed E-state index contributed by atoms with van der Waals surface area (Å²) in [6.07, 6.45) is 1.04. The van der Waals surface area contributed by atoms with Gasteiger partial charge in [0, 0.05) is 23.6 Å². The lowest BCUT2D eigenvalue weighted by molar-refractivity contribution is 0.170. The van der Waals surface area contributed by atoms with E-state index in [1.165, 1.54) is 10.5 Å². The van der Waals surface area contributed by atoms with Crippen LogP contribution in [0.4, 0.5) is 0 Å². The molecule has 2 heterocycles. The van der Waals surface area contributed by atoms with Gasteiger partial charge < -0.3 is 5.11 Å². The molecule has 106 valence electrons. The van der Waals surface area contributed by atoms with Crippen LogP contribution in [0.3, 0.4) is 0 Å². The lowest BCUT2D eigenvalue weighted by Crippen LogP contribution is -2.26. The smallest absolute Gasteiger partial charge is 0.0847 e. The van der Waals surface area contributed by atoms with Crippen LogP contribution in [0.1, 0.15) is 17.0 Å². The zero-order chi connectivity index (χ0) is 14.3. The molecular weight excluding hydrogens is 292 g/mol. The summed E-state index contributed by atoms with van der Waals surface area (Å²) < 4.78 is 1.77. The Morgan fingerprint density at radius 2 is 2.25 bits per heavy atom. The fourth-order valence-electron chi connectivity index (χ4n) is 2.65. The second kappa shape index (κ2) is 5.43. The highest BCUT2D eigenvalue weighted by molar-refractivity contribution is 8.00. The summed E-state index contributed by atoms with van der Waals surface area (Å²) in [5, 5.41) is 15.7. The molecule has 0 amide bonds. The van der Waals surface area contributed by atoms with Gasteiger partial charge in [-0.2, -0.15) is 5.10 Å². The number of hydrogen-bond acceptors (Lipinski definition) is 3. The topological polar surface area (TPSA) is 38.0 Å². The van der Waals surface area contributed by atoms with Crippen LogP contribution in [-0.4, -0.2) is 26.2 Å². The van der Waals surface area contributed by atoms with Crippen LogP contribution in [-0.2, 0) is 19.9 Å². The zero-order valence-corrected chi connectivity index (χ0v) is 13.1. The molecule has 0 spiro atoms. The van der Waals surface area contributed by atoms with Crippen molar-refractivity contribution in [3.05, 3.63) is 46.2 Å². The molecule has 5 heteroatoms. The molecule has 0 fully saturated rings. The molecule has 20 heavy (non-hydrogen) atoms. The van der Waals surface area contributed by atoms with Crippen molar-refractivity contribution in [1.29, 1.82) is 0 Å². The van der Waals surface area contributed by atoms with E-state index in [1.807, 2.05) is 20.0 Å². The SMILES string of the molecule is Cc1nn(C)c(CC(O)C2Cc3ccccc3S2)c1Cl. The fraction of sp³-hybridized carbons (Fsp3) is 0.400. The summed E-state index contributed by atoms with van der Waals surface area (Å²) in [4.78, 5) is 1.28. The van der Waals surface area contributed by atoms with E-state index in [0.717, 1.165) is 17.8 Å². The number of rotatable bonds is 3. The number of thioether (sulfide) groups is 1. The van der Waals surface area contributed by atoms with Gasteiger partial charge in [-0.25, -0.2) is 0 Å². The Bertz CT molecular complexity index is 616. The van der Waals surface area contributed by atoms with Gasteiger partial charge in [0.15, 0.2) is 0 Å². The molecule has 1 aromatic heterocycles. The van der Waals surface area contributed by atoms with E-state index in [-0.39, 0.29) is 5.25 Å². The molecule has 0 aliphatic carbocycles. The normalized spacial score (nSPS) is 19.1. The number of aliphatic hydroxyl groups is 1. The lowest BCUT2D eigenvalue weighted by atomic mass is 10.0. The Morgan fingerprint density at radius 1 is 1.50 bits per heavy atom. The average Bonchev–Trinajstić information content (AvgIpc) is 2.95. The highest BCUT2D eigenvalue weighted by atomic mass is 35.5. The number of aliphatic hydroxyl groups excluding tert-OH is 1. The minimum Gasteiger partial charge on any atom is -0.392 e. The van der Waals surface area contributed by atoms with Crippen molar-refractivity contribution in [2.45, 2.75) is 36.0 Å². The average molecular weight is 309 g/mol. The van der Waals surface area contributed by atoms with E-state index in [2.05, 4.69) is 23.3 Å². The molecule has 1 aliphatic heterocycles. The number of aromatic nitrogens is 2. The molecular formula is C15H17ClN2OS. The maximum absolute atomic E-state index is 10.5. The molecule has 2 aromatic rings. The maximum Gasteiger partial charge on any atom is 0.0847 e. The highest BCUT2D eigenvalue weighted by Gasteiger charge is 2.29. The summed E-state index contributed by atoms with van der Waals surface area (Å²) in [5.74, 6) is 0. The maximum atomic E-state index is 10.5. The summed E-state index contributed by atoms with van der Waals surface area (Å²) in [5.41, 5.74) is 3.06. The largest absolute Gasteiger partial charge is 0.392 e. The lowest BCUT2D eigenvalue weighted by Gasteiger charge is -2.17. The van der Waals surface area contributed by atoms with Gasteiger partial charge in [0.25, 0.3) is 0 Å². The monoisotopic (exact) mass is 308 g/mol. The summed E-state index contributed by atoms with van der Waals surface area (Å²) in [6.45, 7) is 1.89. The third-order valence-electron chi connectivity index (χ3n) is 3.77. The van der Waals surface area contributed by atoms with Crippen molar-refractivity contribution in [2.75, 3.05) is 0 Å². The van der Waals surface area contributed by atoms with Gasteiger partial charge in [-0.15, -0.1) is 11.8 Å². The van der Waals surface area contributed by atoms with Crippen LogP contribution < -0.4 is 0 Å². The quantitative estimate of drug-likeness (QED) is 0.947. The first-order valence-electron chi connectivity index (χ1n) is 6.67. The first-order valence-corrected chi connectivity index (χ1v) is 7.92. The summed E-state index contributed by atoms with van der Waals surface area (Å²) in [7, 11) is 1.87. The predicted octanol–water partition coefficient (Wildman–Crippen LogP) is 3.00. The van der Waals surface area contributed by atoms with E-state index < -0.39 is 6.10 Å². The Kier molecular flexibility index (Phi) is 3.80. The van der Waals surface area contributed by atoms with Crippen molar-refractivity contribution in [3.8, 4) is 0 Å². The molecule has 0 saturated heterocycles. The molecule has 1 aromatic carbocycles. The highest BCUT2D eigenvalue weighted by Crippen LogP contribution is 2.39. The van der Waals surface area contributed by atoms with Gasteiger partial charge >= 0.3 is 0 Å². The van der Waals surface area contributed by atoms with Crippen LogP contribution >= 0.6 is 23.4 Å². The van der Waals surface area contributed by atoms with Crippen LogP contribution in [0.5, 0.6) is 0 Å². The molecule has 1 N–H and O–H groups in total. The van der Waals surface area contributed by atoms with Gasteiger partial charge in [-0.05, 0) is 25.0 Å². The fourth-order valence-corrected chi connectivity index (χ4v) is 4.19. The standard InChI is InChI=1S/C15H17ClN2OS/c1-9-15(16)11(18(2)17-9)8-12(19)14-7-10-5-3-4-6-13(10)20-14/h3-6,12,14,19H,7-8H2,1-2H3. The van der Waals surface area contributed by atoms with Crippen molar-refractivity contribution in [1.82, 2.24) is 9.78 Å². The van der Waals surface area contributed by atoms with Crippen molar-refractivity contribution >= 4 is 23.4 Å². The van der Waals surface area contributed by atoms with Crippen molar-refractivity contribution in [3.63, 3.8) is 0 Å². The van der Waals surface area contributed by atoms with Gasteiger partial charge in [0.05, 0.1) is 22.5 Å². The van der Waals surface area contributed by atoms with Crippen molar-refractivity contribution in [2.24, 2.45) is 7.05 Å². The number of nitrogens with zero attached hydrogens (tertiary/aromatic N) is 2. The Hall–Kier alpha value is -0.970. The molecule has 0 radical (unpaired) electrons. The third-order valence-corrected chi connectivity index (χ3v) is 5.69. The van der Waals surface area contributed by atoms with E-state index in [0.29, 0.717) is 11.4 Å². The molecule has 2 unspecified atom stereocenters. The van der Waals surface area contributed by atoms with E-state index in [4.69, 9.17) is 11.6 Å². The number of aryl methyl sites for hydroxylation is 2.